The highest BCUT2D eigenvalue weighted by atomic mass is 16.1. The van der Waals surface area contributed by atoms with Crippen LogP contribution < -0.4 is 10.6 Å². The smallest absolute Gasteiger partial charge is 0.222 e. The zero-order chi connectivity index (χ0) is 17.5. The van der Waals surface area contributed by atoms with Crippen molar-refractivity contribution in [2.75, 3.05) is 31.5 Å². The van der Waals surface area contributed by atoms with Crippen LogP contribution in [0.1, 0.15) is 39.2 Å². The minimum Gasteiger partial charge on any atom is -0.384 e. The van der Waals surface area contributed by atoms with Crippen molar-refractivity contribution in [1.29, 1.82) is 0 Å². The molecule has 0 aliphatic carbocycles. The van der Waals surface area contributed by atoms with E-state index in [9.17, 15) is 4.79 Å². The Hall–Kier alpha value is -1.55. The van der Waals surface area contributed by atoms with Crippen molar-refractivity contribution < 1.29 is 4.79 Å². The van der Waals surface area contributed by atoms with Crippen molar-refractivity contribution >= 4 is 11.6 Å². The second kappa shape index (κ2) is 9.07. The summed E-state index contributed by atoms with van der Waals surface area (Å²) in [6, 6.07) is 8.36. The molecule has 1 aromatic rings. The standard InChI is InChI=1S/C20H33N3O/c1-15-11-16(2)13-23(12-15)14-18(4)22-20(24)9-10-21-19-8-6-5-7-17(19)3/h5-8,15-16,18,21H,9-14H2,1-4H3,(H,22,24)/t15-,16+,18-/m0/s1. The Balaban J connectivity index is 1.67. The van der Waals surface area contributed by atoms with Crippen molar-refractivity contribution in [2.45, 2.75) is 46.6 Å². The maximum absolute atomic E-state index is 12.1. The number of nitrogens with one attached hydrogen (secondary N) is 2. The van der Waals surface area contributed by atoms with Crippen LogP contribution in [0, 0.1) is 18.8 Å². The van der Waals surface area contributed by atoms with Gasteiger partial charge in [-0.05, 0) is 43.7 Å². The predicted molar refractivity (Wildman–Crippen MR) is 101 cm³/mol. The summed E-state index contributed by atoms with van der Waals surface area (Å²) >= 11 is 0. The van der Waals surface area contributed by atoms with Crippen LogP contribution in [-0.4, -0.2) is 43.0 Å². The first-order chi connectivity index (χ1) is 11.4. The molecule has 0 saturated carbocycles. The molecule has 0 bridgehead atoms. The molecule has 24 heavy (non-hydrogen) atoms. The molecule has 2 N–H and O–H groups in total. The number of piperidine rings is 1. The highest BCUT2D eigenvalue weighted by Gasteiger charge is 2.23. The molecule has 1 amide bonds. The topological polar surface area (TPSA) is 44.4 Å². The largest absolute Gasteiger partial charge is 0.384 e. The molecule has 1 aliphatic rings. The lowest BCUT2D eigenvalue weighted by Gasteiger charge is -2.36. The fraction of sp³-hybridized carbons (Fsp3) is 0.650. The van der Waals surface area contributed by atoms with Gasteiger partial charge in [-0.3, -0.25) is 4.79 Å². The number of carbonyl (C=O) groups is 1. The Labute approximate surface area is 147 Å². The van der Waals surface area contributed by atoms with Crippen LogP contribution in [0.5, 0.6) is 0 Å². The Morgan fingerprint density at radius 2 is 1.92 bits per heavy atom. The number of amides is 1. The van der Waals surface area contributed by atoms with E-state index in [1.165, 1.54) is 12.0 Å². The number of nitrogens with zero attached hydrogens (tertiary/aromatic N) is 1. The molecule has 4 nitrogen and oxygen atoms in total. The van der Waals surface area contributed by atoms with Gasteiger partial charge in [0, 0.05) is 44.3 Å². The summed E-state index contributed by atoms with van der Waals surface area (Å²) in [7, 11) is 0. The highest BCUT2D eigenvalue weighted by Crippen LogP contribution is 2.20. The van der Waals surface area contributed by atoms with Gasteiger partial charge in [0.05, 0.1) is 0 Å². The van der Waals surface area contributed by atoms with Gasteiger partial charge in [-0.25, -0.2) is 0 Å². The Morgan fingerprint density at radius 3 is 2.58 bits per heavy atom. The Bertz CT molecular complexity index is 521. The van der Waals surface area contributed by atoms with Gasteiger partial charge < -0.3 is 15.5 Å². The highest BCUT2D eigenvalue weighted by molar-refractivity contribution is 5.76. The summed E-state index contributed by atoms with van der Waals surface area (Å²) in [6.07, 6.45) is 1.83. The van der Waals surface area contributed by atoms with Gasteiger partial charge in [0.25, 0.3) is 0 Å². The average Bonchev–Trinajstić information content (AvgIpc) is 2.47. The van der Waals surface area contributed by atoms with Crippen LogP contribution in [-0.2, 0) is 4.79 Å². The van der Waals surface area contributed by atoms with Gasteiger partial charge in [-0.15, -0.1) is 0 Å². The molecule has 2 rings (SSSR count). The van der Waals surface area contributed by atoms with Crippen LogP contribution in [0.15, 0.2) is 24.3 Å². The van der Waals surface area contributed by atoms with Crippen molar-refractivity contribution in [1.82, 2.24) is 10.2 Å². The molecule has 1 aliphatic heterocycles. The molecular weight excluding hydrogens is 298 g/mol. The SMILES string of the molecule is Cc1ccccc1NCCC(=O)N[C@@H](C)CN1C[C@H](C)C[C@H](C)C1. The molecule has 1 aromatic carbocycles. The zero-order valence-electron chi connectivity index (χ0n) is 15.6. The normalized spacial score (nSPS) is 22.8. The number of rotatable bonds is 7. The van der Waals surface area contributed by atoms with E-state index in [4.69, 9.17) is 0 Å². The van der Waals surface area contributed by atoms with Crippen LogP contribution in [0.2, 0.25) is 0 Å². The Morgan fingerprint density at radius 1 is 1.25 bits per heavy atom. The maximum Gasteiger partial charge on any atom is 0.222 e. The summed E-state index contributed by atoms with van der Waals surface area (Å²) in [5, 5.41) is 6.48. The first-order valence-electron chi connectivity index (χ1n) is 9.25. The van der Waals surface area contributed by atoms with E-state index < -0.39 is 0 Å². The number of likely N-dealkylation sites (tertiary alicyclic amines) is 1. The molecule has 0 unspecified atom stereocenters. The van der Waals surface area contributed by atoms with Crippen LogP contribution in [0.3, 0.4) is 0 Å². The van der Waals surface area contributed by atoms with Crippen molar-refractivity contribution in [3.63, 3.8) is 0 Å². The van der Waals surface area contributed by atoms with E-state index in [-0.39, 0.29) is 11.9 Å². The van der Waals surface area contributed by atoms with E-state index in [0.717, 1.165) is 37.2 Å². The summed E-state index contributed by atoms with van der Waals surface area (Å²) in [6.45, 7) is 12.7. The number of benzene rings is 1. The van der Waals surface area contributed by atoms with Crippen molar-refractivity contribution in [3.8, 4) is 0 Å². The summed E-state index contributed by atoms with van der Waals surface area (Å²) in [5.41, 5.74) is 2.31. The number of anilines is 1. The average molecular weight is 332 g/mol. The number of aryl methyl sites for hydroxylation is 1. The zero-order valence-corrected chi connectivity index (χ0v) is 15.6. The van der Waals surface area contributed by atoms with E-state index in [0.29, 0.717) is 13.0 Å². The third-order valence-electron chi connectivity index (χ3n) is 4.70. The lowest BCUT2D eigenvalue weighted by Crippen LogP contribution is -2.47. The van der Waals surface area contributed by atoms with Crippen molar-refractivity contribution in [2.24, 2.45) is 11.8 Å². The monoisotopic (exact) mass is 331 g/mol. The second-order valence-corrected chi connectivity index (χ2v) is 7.62. The molecule has 1 heterocycles. The van der Waals surface area contributed by atoms with Gasteiger partial charge in [-0.1, -0.05) is 32.0 Å². The van der Waals surface area contributed by atoms with Crippen LogP contribution >= 0.6 is 0 Å². The summed E-state index contributed by atoms with van der Waals surface area (Å²) < 4.78 is 0. The van der Waals surface area contributed by atoms with Gasteiger partial charge in [0.2, 0.25) is 5.91 Å². The predicted octanol–water partition coefficient (Wildman–Crippen LogP) is 3.28. The molecule has 3 atom stereocenters. The fourth-order valence-electron chi connectivity index (χ4n) is 3.80. The van der Waals surface area contributed by atoms with E-state index in [1.54, 1.807) is 0 Å². The van der Waals surface area contributed by atoms with E-state index in [2.05, 4.69) is 55.4 Å². The first-order valence-corrected chi connectivity index (χ1v) is 9.25. The van der Waals surface area contributed by atoms with Crippen molar-refractivity contribution in [3.05, 3.63) is 29.8 Å². The number of para-hydroxylation sites is 1. The van der Waals surface area contributed by atoms with Crippen LogP contribution in [0.25, 0.3) is 0 Å². The lowest BCUT2D eigenvalue weighted by molar-refractivity contribution is -0.121. The third-order valence-corrected chi connectivity index (χ3v) is 4.70. The van der Waals surface area contributed by atoms with E-state index >= 15 is 0 Å². The Kier molecular flexibility index (Phi) is 7.10. The fourth-order valence-corrected chi connectivity index (χ4v) is 3.80. The quantitative estimate of drug-likeness (QED) is 0.806. The molecule has 0 radical (unpaired) electrons. The first kappa shape index (κ1) is 18.8. The molecule has 1 saturated heterocycles. The molecule has 4 heteroatoms. The number of hydrogen-bond acceptors (Lipinski definition) is 3. The van der Waals surface area contributed by atoms with Gasteiger partial charge in [0.15, 0.2) is 0 Å². The lowest BCUT2D eigenvalue weighted by atomic mass is 9.92. The van der Waals surface area contributed by atoms with Gasteiger partial charge >= 0.3 is 0 Å². The summed E-state index contributed by atoms with van der Waals surface area (Å²) in [5.74, 6) is 1.65. The number of hydrogen-bond donors (Lipinski definition) is 2. The van der Waals surface area contributed by atoms with Gasteiger partial charge in [0.1, 0.15) is 0 Å². The maximum atomic E-state index is 12.1. The van der Waals surface area contributed by atoms with Crippen LogP contribution in [0.4, 0.5) is 5.69 Å². The molecular formula is C20H33N3O. The number of carbonyl (C=O) groups excluding carboxylic acids is 1. The third kappa shape index (κ3) is 6.16. The van der Waals surface area contributed by atoms with E-state index in [1.807, 2.05) is 12.1 Å². The minimum atomic E-state index is 0.127. The molecule has 0 spiro atoms. The molecule has 0 aromatic heterocycles. The molecule has 134 valence electrons. The molecule has 1 fully saturated rings. The summed E-state index contributed by atoms with van der Waals surface area (Å²) in [4.78, 5) is 14.6. The van der Waals surface area contributed by atoms with Gasteiger partial charge in [-0.2, -0.15) is 0 Å². The second-order valence-electron chi connectivity index (χ2n) is 7.62. The minimum absolute atomic E-state index is 0.127.